The van der Waals surface area contributed by atoms with Gasteiger partial charge in [-0.25, -0.2) is 18.4 Å². The van der Waals surface area contributed by atoms with Crippen LogP contribution >= 0.6 is 11.6 Å². The van der Waals surface area contributed by atoms with E-state index in [-0.39, 0.29) is 18.7 Å². The zero-order valence-corrected chi connectivity index (χ0v) is 18.5. The van der Waals surface area contributed by atoms with Gasteiger partial charge in [0.15, 0.2) is 0 Å². The van der Waals surface area contributed by atoms with Crippen molar-refractivity contribution in [1.29, 1.82) is 0 Å². The average Bonchev–Trinajstić information content (AvgIpc) is 3.45. The van der Waals surface area contributed by atoms with Gasteiger partial charge < -0.3 is 9.84 Å². The predicted octanol–water partition coefficient (Wildman–Crippen LogP) is 3.95. The summed E-state index contributed by atoms with van der Waals surface area (Å²) in [5.74, 6) is -1.62. The van der Waals surface area contributed by atoms with Gasteiger partial charge in [-0.3, -0.25) is 4.68 Å². The van der Waals surface area contributed by atoms with Gasteiger partial charge in [-0.05, 0) is 30.7 Å². The molecular formula is C23H22ClF2N5O2. The molecule has 0 aliphatic heterocycles. The highest BCUT2D eigenvalue weighted by Crippen LogP contribution is 2.32. The number of ether oxygens (including phenoxy) is 1. The van der Waals surface area contributed by atoms with Crippen molar-refractivity contribution >= 4 is 11.6 Å². The summed E-state index contributed by atoms with van der Waals surface area (Å²) in [5, 5.41) is 20.6. The van der Waals surface area contributed by atoms with Crippen LogP contribution in [0.3, 0.4) is 0 Å². The zero-order chi connectivity index (χ0) is 23.4. The van der Waals surface area contributed by atoms with Crippen LogP contribution < -0.4 is 0 Å². The van der Waals surface area contributed by atoms with Crippen LogP contribution in [0.5, 0.6) is 0 Å². The number of halogens is 3. The molecule has 0 amide bonds. The largest absolute Gasteiger partial charge is 0.380 e. The number of hydrogen-bond donors (Lipinski definition) is 1. The number of hydrogen-bond acceptors (Lipinski definition) is 5. The number of benzene rings is 2. The van der Waals surface area contributed by atoms with E-state index in [1.807, 2.05) is 24.3 Å². The van der Waals surface area contributed by atoms with E-state index in [0.29, 0.717) is 17.3 Å². The van der Waals surface area contributed by atoms with Crippen LogP contribution in [0.1, 0.15) is 23.7 Å². The third-order valence-corrected chi connectivity index (χ3v) is 5.78. The summed E-state index contributed by atoms with van der Waals surface area (Å²) >= 11 is 6.21. The maximum absolute atomic E-state index is 14.6. The van der Waals surface area contributed by atoms with E-state index in [4.69, 9.17) is 16.3 Å². The second-order valence-corrected chi connectivity index (χ2v) is 8.10. The van der Waals surface area contributed by atoms with Crippen molar-refractivity contribution in [3.05, 3.63) is 101 Å². The molecule has 4 aromatic rings. The lowest BCUT2D eigenvalue weighted by Crippen LogP contribution is -2.44. The van der Waals surface area contributed by atoms with E-state index in [2.05, 4.69) is 15.2 Å². The van der Waals surface area contributed by atoms with Crippen molar-refractivity contribution in [2.24, 2.45) is 0 Å². The lowest BCUT2D eigenvalue weighted by Gasteiger charge is -2.34. The molecule has 33 heavy (non-hydrogen) atoms. The Balaban J connectivity index is 1.50. The maximum Gasteiger partial charge on any atom is 0.138 e. The smallest absolute Gasteiger partial charge is 0.138 e. The fourth-order valence-electron chi connectivity index (χ4n) is 3.55. The number of nitrogens with zero attached hydrogens (tertiary/aromatic N) is 5. The Morgan fingerprint density at radius 1 is 1.15 bits per heavy atom. The first-order chi connectivity index (χ1) is 15.8. The molecule has 0 bridgehead atoms. The van der Waals surface area contributed by atoms with Crippen LogP contribution in [0.2, 0.25) is 5.02 Å². The van der Waals surface area contributed by atoms with Gasteiger partial charge in [0.25, 0.3) is 0 Å². The fraction of sp³-hybridized carbons (Fsp3) is 0.261. The SMILES string of the molecule is C[C@@H](OCc1ccn(Cc2ccccc2Cl)n1)[C@](O)(Cn1cncn1)c1ccc(F)cc1F. The van der Waals surface area contributed by atoms with Gasteiger partial charge in [0, 0.05) is 22.8 Å². The van der Waals surface area contributed by atoms with Crippen molar-refractivity contribution in [2.45, 2.75) is 38.3 Å². The van der Waals surface area contributed by atoms with Crippen LogP contribution in [0.15, 0.2) is 67.4 Å². The molecule has 4 rings (SSSR count). The summed E-state index contributed by atoms with van der Waals surface area (Å²) in [6.07, 6.45) is 3.61. The van der Waals surface area contributed by atoms with E-state index in [0.717, 1.165) is 17.7 Å². The lowest BCUT2D eigenvalue weighted by atomic mass is 9.88. The van der Waals surface area contributed by atoms with Crippen LogP contribution in [0.4, 0.5) is 8.78 Å². The molecule has 2 heterocycles. The van der Waals surface area contributed by atoms with E-state index < -0.39 is 23.3 Å². The average molecular weight is 474 g/mol. The number of rotatable bonds is 9. The first-order valence-electron chi connectivity index (χ1n) is 10.2. The summed E-state index contributed by atoms with van der Waals surface area (Å²) in [4.78, 5) is 3.86. The van der Waals surface area contributed by atoms with Crippen LogP contribution in [-0.4, -0.2) is 35.8 Å². The number of aromatic nitrogens is 5. The van der Waals surface area contributed by atoms with E-state index in [1.54, 1.807) is 23.9 Å². The van der Waals surface area contributed by atoms with Gasteiger partial charge in [-0.15, -0.1) is 0 Å². The molecule has 0 fully saturated rings. The van der Waals surface area contributed by atoms with Gasteiger partial charge >= 0.3 is 0 Å². The molecule has 0 aliphatic rings. The van der Waals surface area contributed by atoms with Gasteiger partial charge in [-0.1, -0.05) is 35.9 Å². The molecule has 0 spiro atoms. The molecule has 7 nitrogen and oxygen atoms in total. The second-order valence-electron chi connectivity index (χ2n) is 7.69. The minimum atomic E-state index is -1.84. The normalized spacial score (nSPS) is 14.2. The van der Waals surface area contributed by atoms with Crippen molar-refractivity contribution in [2.75, 3.05) is 0 Å². The Morgan fingerprint density at radius 2 is 1.97 bits per heavy atom. The molecule has 0 saturated heterocycles. The zero-order valence-electron chi connectivity index (χ0n) is 17.8. The molecule has 2 aromatic carbocycles. The molecule has 0 unspecified atom stereocenters. The standard InChI is InChI=1S/C23H22ClF2N5O2/c1-16(33-12-19-8-9-30(29-19)11-17-4-2-3-5-21(17)24)23(32,13-31-15-27-14-28-31)20-7-6-18(25)10-22(20)26/h2-10,14-16,32H,11-13H2,1H3/t16-,23-/m1/s1. The molecule has 1 N–H and O–H groups in total. The molecule has 0 saturated carbocycles. The van der Waals surface area contributed by atoms with Gasteiger partial charge in [0.2, 0.25) is 0 Å². The summed E-state index contributed by atoms with van der Waals surface area (Å²) in [7, 11) is 0. The molecule has 172 valence electrons. The molecular weight excluding hydrogens is 452 g/mol. The second kappa shape index (κ2) is 9.78. The summed E-state index contributed by atoms with van der Waals surface area (Å²) in [5.41, 5.74) is -0.393. The van der Waals surface area contributed by atoms with Gasteiger partial charge in [-0.2, -0.15) is 10.2 Å². The van der Waals surface area contributed by atoms with Crippen molar-refractivity contribution in [1.82, 2.24) is 24.5 Å². The first kappa shape index (κ1) is 23.0. The van der Waals surface area contributed by atoms with Crippen molar-refractivity contribution < 1.29 is 18.6 Å². The Morgan fingerprint density at radius 3 is 2.70 bits per heavy atom. The van der Waals surface area contributed by atoms with Gasteiger partial charge in [0.05, 0.1) is 31.5 Å². The third-order valence-electron chi connectivity index (χ3n) is 5.41. The molecule has 2 aromatic heterocycles. The van der Waals surface area contributed by atoms with Crippen LogP contribution in [0.25, 0.3) is 0 Å². The minimum Gasteiger partial charge on any atom is -0.380 e. The van der Waals surface area contributed by atoms with Gasteiger partial charge in [0.1, 0.15) is 29.9 Å². The summed E-state index contributed by atoms with van der Waals surface area (Å²) in [6, 6.07) is 12.3. The fourth-order valence-corrected chi connectivity index (χ4v) is 3.75. The minimum absolute atomic E-state index is 0.0686. The summed E-state index contributed by atoms with van der Waals surface area (Å²) < 4.78 is 37.1. The maximum atomic E-state index is 14.6. The molecule has 0 aliphatic carbocycles. The lowest BCUT2D eigenvalue weighted by molar-refractivity contribution is -0.124. The van der Waals surface area contributed by atoms with E-state index in [9.17, 15) is 13.9 Å². The first-order valence-corrected chi connectivity index (χ1v) is 10.6. The summed E-state index contributed by atoms with van der Waals surface area (Å²) in [6.45, 7) is 2.03. The van der Waals surface area contributed by atoms with E-state index in [1.165, 1.54) is 23.4 Å². The Kier molecular flexibility index (Phi) is 6.83. The Hall–Kier alpha value is -3.14. The predicted molar refractivity (Wildman–Crippen MR) is 117 cm³/mol. The Labute approximate surface area is 194 Å². The van der Waals surface area contributed by atoms with Crippen molar-refractivity contribution in [3.63, 3.8) is 0 Å². The third kappa shape index (κ3) is 5.27. The quantitative estimate of drug-likeness (QED) is 0.398. The van der Waals surface area contributed by atoms with Crippen LogP contribution in [0, 0.1) is 11.6 Å². The highest BCUT2D eigenvalue weighted by Gasteiger charge is 2.40. The molecule has 10 heteroatoms. The van der Waals surface area contributed by atoms with E-state index >= 15 is 0 Å². The van der Waals surface area contributed by atoms with Crippen molar-refractivity contribution in [3.8, 4) is 0 Å². The molecule has 0 radical (unpaired) electrons. The number of aliphatic hydroxyl groups is 1. The monoisotopic (exact) mass is 473 g/mol. The highest BCUT2D eigenvalue weighted by atomic mass is 35.5. The molecule has 2 atom stereocenters. The Bertz CT molecular complexity index is 1220. The van der Waals surface area contributed by atoms with Crippen LogP contribution in [-0.2, 0) is 30.0 Å². The highest BCUT2D eigenvalue weighted by molar-refractivity contribution is 6.31. The topological polar surface area (TPSA) is 78.0 Å².